The Morgan fingerprint density at radius 1 is 1.20 bits per heavy atom. The predicted octanol–water partition coefficient (Wildman–Crippen LogP) is 1.39. The Morgan fingerprint density at radius 3 is 2.30 bits per heavy atom. The molecule has 0 saturated carbocycles. The first-order valence-electron chi connectivity index (χ1n) is 5.31. The highest BCUT2D eigenvalue weighted by Crippen LogP contribution is 2.28. The SMILES string of the molecule is O=CCn1nc(C(F)(F)F)n(-c2ccc(F)cc2)c1=O. The first-order chi connectivity index (χ1) is 9.34. The van der Waals surface area contributed by atoms with Crippen LogP contribution in [0, 0.1) is 5.82 Å². The van der Waals surface area contributed by atoms with Crippen LogP contribution in [0.25, 0.3) is 5.69 Å². The zero-order valence-corrected chi connectivity index (χ0v) is 9.76. The lowest BCUT2D eigenvalue weighted by Crippen LogP contribution is -2.26. The van der Waals surface area contributed by atoms with Crippen molar-refractivity contribution in [2.45, 2.75) is 12.7 Å². The average Bonchev–Trinajstić information content (AvgIpc) is 2.69. The van der Waals surface area contributed by atoms with Gasteiger partial charge in [0.25, 0.3) is 0 Å². The van der Waals surface area contributed by atoms with Crippen LogP contribution in [0.4, 0.5) is 17.6 Å². The Labute approximate surface area is 109 Å². The molecule has 0 amide bonds. The van der Waals surface area contributed by atoms with E-state index in [-0.39, 0.29) is 16.5 Å². The summed E-state index contributed by atoms with van der Waals surface area (Å²) in [5.41, 5.74) is -1.32. The summed E-state index contributed by atoms with van der Waals surface area (Å²) < 4.78 is 52.0. The van der Waals surface area contributed by atoms with E-state index in [1.165, 1.54) is 0 Å². The fourth-order valence-corrected chi connectivity index (χ4v) is 1.60. The number of benzene rings is 1. The van der Waals surface area contributed by atoms with Crippen LogP contribution in [0.2, 0.25) is 0 Å². The molecular weight excluding hydrogens is 282 g/mol. The Bertz CT molecular complexity index is 685. The number of rotatable bonds is 3. The molecule has 2 rings (SSSR count). The minimum absolute atomic E-state index is 0.194. The topological polar surface area (TPSA) is 56.9 Å². The van der Waals surface area contributed by atoms with E-state index >= 15 is 0 Å². The molecule has 0 atom stereocenters. The zero-order valence-electron chi connectivity index (χ0n) is 9.76. The number of aromatic nitrogens is 3. The van der Waals surface area contributed by atoms with Crippen molar-refractivity contribution in [3.63, 3.8) is 0 Å². The summed E-state index contributed by atoms with van der Waals surface area (Å²) in [6.45, 7) is -0.601. The fraction of sp³-hybridized carbons (Fsp3) is 0.182. The monoisotopic (exact) mass is 289 g/mol. The van der Waals surface area contributed by atoms with Crippen LogP contribution in [-0.2, 0) is 17.5 Å². The molecule has 0 aliphatic heterocycles. The van der Waals surface area contributed by atoms with Crippen LogP contribution >= 0.6 is 0 Å². The summed E-state index contributed by atoms with van der Waals surface area (Å²) in [4.78, 5) is 22.2. The molecule has 1 aromatic carbocycles. The summed E-state index contributed by atoms with van der Waals surface area (Å²) in [7, 11) is 0. The van der Waals surface area contributed by atoms with E-state index in [4.69, 9.17) is 0 Å². The molecule has 1 aromatic heterocycles. The van der Waals surface area contributed by atoms with E-state index in [0.717, 1.165) is 24.3 Å². The van der Waals surface area contributed by atoms with Gasteiger partial charge in [-0.15, -0.1) is 5.10 Å². The third kappa shape index (κ3) is 2.46. The van der Waals surface area contributed by atoms with Gasteiger partial charge in [-0.05, 0) is 24.3 Å². The van der Waals surface area contributed by atoms with Crippen molar-refractivity contribution >= 4 is 6.29 Å². The second-order valence-electron chi connectivity index (χ2n) is 3.76. The van der Waals surface area contributed by atoms with Crippen LogP contribution in [-0.4, -0.2) is 20.6 Å². The molecule has 1 heterocycles. The highest BCUT2D eigenvalue weighted by Gasteiger charge is 2.39. The summed E-state index contributed by atoms with van der Waals surface area (Å²) >= 11 is 0. The van der Waals surface area contributed by atoms with Gasteiger partial charge in [-0.3, -0.25) is 0 Å². The molecular formula is C11H7F4N3O2. The van der Waals surface area contributed by atoms with Crippen molar-refractivity contribution in [1.82, 2.24) is 14.3 Å². The summed E-state index contributed by atoms with van der Waals surface area (Å²) in [6.07, 6.45) is -4.63. The van der Waals surface area contributed by atoms with Gasteiger partial charge >= 0.3 is 11.9 Å². The number of alkyl halides is 3. The van der Waals surface area contributed by atoms with E-state index in [0.29, 0.717) is 4.68 Å². The number of nitrogens with zero attached hydrogens (tertiary/aromatic N) is 3. The zero-order chi connectivity index (χ0) is 14.9. The lowest BCUT2D eigenvalue weighted by molar-refractivity contribution is -0.146. The van der Waals surface area contributed by atoms with Gasteiger partial charge in [-0.1, -0.05) is 0 Å². The number of carbonyl (C=O) groups excluding carboxylic acids is 1. The summed E-state index contributed by atoms with van der Waals surface area (Å²) in [5, 5.41) is 3.09. The minimum atomic E-state index is -4.89. The van der Waals surface area contributed by atoms with Crippen molar-refractivity contribution in [3.05, 3.63) is 46.4 Å². The van der Waals surface area contributed by atoms with E-state index in [1.54, 1.807) is 0 Å². The molecule has 0 bridgehead atoms. The average molecular weight is 289 g/mol. The molecule has 20 heavy (non-hydrogen) atoms. The molecule has 9 heteroatoms. The highest BCUT2D eigenvalue weighted by molar-refractivity contribution is 5.48. The number of hydrogen-bond acceptors (Lipinski definition) is 3. The maximum absolute atomic E-state index is 12.8. The molecule has 5 nitrogen and oxygen atoms in total. The number of halogens is 4. The van der Waals surface area contributed by atoms with E-state index in [9.17, 15) is 27.2 Å². The highest BCUT2D eigenvalue weighted by atomic mass is 19.4. The second-order valence-corrected chi connectivity index (χ2v) is 3.76. The van der Waals surface area contributed by atoms with Gasteiger partial charge in [0.1, 0.15) is 18.6 Å². The third-order valence-electron chi connectivity index (χ3n) is 2.43. The van der Waals surface area contributed by atoms with Crippen molar-refractivity contribution in [1.29, 1.82) is 0 Å². The van der Waals surface area contributed by atoms with Gasteiger partial charge < -0.3 is 4.79 Å². The van der Waals surface area contributed by atoms with Crippen LogP contribution < -0.4 is 5.69 Å². The molecule has 2 aromatic rings. The standard InChI is InChI=1S/C11H7F4N3O2/c12-7-1-3-8(4-2-7)18-9(11(13,14)15)16-17(5-6-19)10(18)20/h1-4,6H,5H2. The van der Waals surface area contributed by atoms with Gasteiger partial charge in [0.2, 0.25) is 5.82 Å². The number of aldehydes is 1. The van der Waals surface area contributed by atoms with E-state index in [1.807, 2.05) is 0 Å². The first-order valence-corrected chi connectivity index (χ1v) is 5.31. The van der Waals surface area contributed by atoms with Crippen molar-refractivity contribution < 1.29 is 22.4 Å². The molecule has 0 saturated heterocycles. The first kappa shape index (κ1) is 14.0. The second kappa shape index (κ2) is 4.91. The smallest absolute Gasteiger partial charge is 0.301 e. The largest absolute Gasteiger partial charge is 0.452 e. The van der Waals surface area contributed by atoms with Gasteiger partial charge in [-0.25, -0.2) is 18.4 Å². The normalized spacial score (nSPS) is 11.6. The molecule has 106 valence electrons. The van der Waals surface area contributed by atoms with Crippen LogP contribution in [0.5, 0.6) is 0 Å². The maximum Gasteiger partial charge on any atom is 0.452 e. The molecule has 0 aliphatic rings. The van der Waals surface area contributed by atoms with Crippen molar-refractivity contribution in [2.75, 3.05) is 0 Å². The Balaban J connectivity index is 2.69. The van der Waals surface area contributed by atoms with Crippen molar-refractivity contribution in [3.8, 4) is 5.69 Å². The van der Waals surface area contributed by atoms with Crippen LogP contribution in [0.3, 0.4) is 0 Å². The quantitative estimate of drug-likeness (QED) is 0.634. The van der Waals surface area contributed by atoms with Gasteiger partial charge in [-0.2, -0.15) is 13.2 Å². The van der Waals surface area contributed by atoms with E-state index < -0.39 is 30.1 Å². The Morgan fingerprint density at radius 2 is 1.80 bits per heavy atom. The summed E-state index contributed by atoms with van der Waals surface area (Å²) in [6, 6.07) is 3.86. The predicted molar refractivity (Wildman–Crippen MR) is 58.8 cm³/mol. The minimum Gasteiger partial charge on any atom is -0.301 e. The van der Waals surface area contributed by atoms with Gasteiger partial charge in [0.15, 0.2) is 0 Å². The Hall–Kier alpha value is -2.45. The van der Waals surface area contributed by atoms with Crippen LogP contribution in [0.1, 0.15) is 5.82 Å². The molecule has 0 radical (unpaired) electrons. The Kier molecular flexibility index (Phi) is 3.43. The molecule has 0 N–H and O–H groups in total. The molecule has 0 fully saturated rings. The fourth-order valence-electron chi connectivity index (χ4n) is 1.60. The van der Waals surface area contributed by atoms with Gasteiger partial charge in [0, 0.05) is 0 Å². The van der Waals surface area contributed by atoms with Crippen LogP contribution in [0.15, 0.2) is 29.1 Å². The lowest BCUT2D eigenvalue weighted by Gasteiger charge is -2.07. The van der Waals surface area contributed by atoms with E-state index in [2.05, 4.69) is 5.10 Å². The molecule has 0 unspecified atom stereocenters. The third-order valence-corrected chi connectivity index (χ3v) is 2.43. The molecule has 0 aliphatic carbocycles. The maximum atomic E-state index is 12.8. The summed E-state index contributed by atoms with van der Waals surface area (Å²) in [5.74, 6) is -2.13. The molecule has 0 spiro atoms. The van der Waals surface area contributed by atoms with Gasteiger partial charge in [0.05, 0.1) is 5.69 Å². The number of hydrogen-bond donors (Lipinski definition) is 0. The lowest BCUT2D eigenvalue weighted by atomic mass is 10.3. The van der Waals surface area contributed by atoms with Crippen molar-refractivity contribution in [2.24, 2.45) is 0 Å². The number of carbonyl (C=O) groups is 1.